The number of fused-ring (bicyclic) bond motifs is 1. The van der Waals surface area contributed by atoms with Gasteiger partial charge in [-0.05, 0) is 64.8 Å². The Morgan fingerprint density at radius 3 is 2.58 bits per heavy atom. The maximum absolute atomic E-state index is 14.0. The second-order valence-electron chi connectivity index (χ2n) is 9.59. The summed E-state index contributed by atoms with van der Waals surface area (Å²) in [5, 5.41) is 7.80. The van der Waals surface area contributed by atoms with E-state index in [-0.39, 0.29) is 17.7 Å². The molecule has 2 unspecified atom stereocenters. The van der Waals surface area contributed by atoms with E-state index in [4.69, 9.17) is 4.52 Å². The molecule has 2 atom stereocenters. The van der Waals surface area contributed by atoms with Crippen molar-refractivity contribution in [3.8, 4) is 22.5 Å². The van der Waals surface area contributed by atoms with Crippen molar-refractivity contribution in [3.63, 3.8) is 0 Å². The molecule has 188 valence electrons. The number of nitrogens with zero attached hydrogens (tertiary/aromatic N) is 5. The molecule has 4 aromatic heterocycles. The Hall–Kier alpha value is -3.47. The first-order valence-electron chi connectivity index (χ1n) is 12.2. The van der Waals surface area contributed by atoms with Crippen LogP contribution < -0.4 is 5.32 Å². The second-order valence-corrected chi connectivity index (χ2v) is 9.59. The molecule has 0 spiro atoms. The number of hydrogen-bond donors (Lipinski definition) is 2. The zero-order valence-electron chi connectivity index (χ0n) is 20.0. The highest BCUT2D eigenvalue weighted by atomic mass is 19.4. The summed E-state index contributed by atoms with van der Waals surface area (Å²) in [6.07, 6.45) is 2.20. The summed E-state index contributed by atoms with van der Waals surface area (Å²) < 4.78 is 47.1. The van der Waals surface area contributed by atoms with Gasteiger partial charge in [-0.25, -0.2) is 15.0 Å². The van der Waals surface area contributed by atoms with Gasteiger partial charge in [-0.1, -0.05) is 5.16 Å². The van der Waals surface area contributed by atoms with Crippen molar-refractivity contribution < 1.29 is 17.7 Å². The minimum atomic E-state index is -4.60. The quantitative estimate of drug-likeness (QED) is 0.384. The summed E-state index contributed by atoms with van der Waals surface area (Å²) in [5.74, 6) is 0.835. The van der Waals surface area contributed by atoms with E-state index in [9.17, 15) is 13.2 Å². The molecule has 2 aliphatic rings. The van der Waals surface area contributed by atoms with E-state index in [1.807, 2.05) is 6.92 Å². The molecule has 2 fully saturated rings. The SMILES string of the molecule is Cc1noc(C)c1-c1ccc2c(-c3nc(NC4CCC4N4CCCC4)ncc3C(F)(F)F)c[nH]c2n1. The molecule has 36 heavy (non-hydrogen) atoms. The first-order chi connectivity index (χ1) is 17.3. The third kappa shape index (κ3) is 3.91. The maximum atomic E-state index is 14.0. The number of aryl methyl sites for hydroxylation is 2. The van der Waals surface area contributed by atoms with Gasteiger partial charge < -0.3 is 14.8 Å². The Bertz CT molecular complexity index is 1400. The van der Waals surface area contributed by atoms with Crippen LogP contribution in [0.1, 0.15) is 42.7 Å². The van der Waals surface area contributed by atoms with Gasteiger partial charge in [0.1, 0.15) is 17.0 Å². The van der Waals surface area contributed by atoms with Crippen molar-refractivity contribution in [2.45, 2.75) is 57.8 Å². The largest absolute Gasteiger partial charge is 0.419 e. The predicted octanol–water partition coefficient (Wildman–Crippen LogP) is 5.35. The van der Waals surface area contributed by atoms with Crippen LogP contribution in [0.5, 0.6) is 0 Å². The van der Waals surface area contributed by atoms with Gasteiger partial charge in [-0.2, -0.15) is 13.2 Å². The molecule has 4 aromatic rings. The zero-order valence-corrected chi connectivity index (χ0v) is 20.0. The van der Waals surface area contributed by atoms with Gasteiger partial charge in [0, 0.05) is 35.4 Å². The second kappa shape index (κ2) is 8.58. The molecule has 5 heterocycles. The zero-order chi connectivity index (χ0) is 25.0. The fourth-order valence-corrected chi connectivity index (χ4v) is 5.38. The van der Waals surface area contributed by atoms with Crippen LogP contribution in [0.15, 0.2) is 29.0 Å². The van der Waals surface area contributed by atoms with Gasteiger partial charge >= 0.3 is 6.18 Å². The molecule has 1 saturated carbocycles. The number of alkyl halides is 3. The van der Waals surface area contributed by atoms with Gasteiger partial charge in [0.05, 0.1) is 22.6 Å². The number of pyridine rings is 1. The third-order valence-electron chi connectivity index (χ3n) is 7.34. The van der Waals surface area contributed by atoms with Crippen LogP contribution in [-0.2, 0) is 6.18 Å². The van der Waals surface area contributed by atoms with E-state index in [1.165, 1.54) is 19.0 Å². The maximum Gasteiger partial charge on any atom is 0.419 e. The van der Waals surface area contributed by atoms with Crippen molar-refractivity contribution >= 4 is 17.0 Å². The van der Waals surface area contributed by atoms with E-state index < -0.39 is 11.7 Å². The highest BCUT2D eigenvalue weighted by Gasteiger charge is 2.39. The lowest BCUT2D eigenvalue weighted by molar-refractivity contribution is -0.137. The monoisotopic (exact) mass is 497 g/mol. The fraction of sp³-hybridized carbons (Fsp3) is 0.440. The molecule has 11 heteroatoms. The third-order valence-corrected chi connectivity index (χ3v) is 7.34. The van der Waals surface area contributed by atoms with Crippen LogP contribution in [0.2, 0.25) is 0 Å². The van der Waals surface area contributed by atoms with Gasteiger partial charge in [0.25, 0.3) is 0 Å². The molecular formula is C25H26F3N7O. The molecule has 0 radical (unpaired) electrons. The van der Waals surface area contributed by atoms with E-state index in [0.29, 0.717) is 39.8 Å². The van der Waals surface area contributed by atoms with E-state index in [0.717, 1.165) is 37.7 Å². The van der Waals surface area contributed by atoms with E-state index in [2.05, 4.69) is 35.3 Å². The summed E-state index contributed by atoms with van der Waals surface area (Å²) in [7, 11) is 0. The minimum Gasteiger partial charge on any atom is -0.361 e. The first-order valence-corrected chi connectivity index (χ1v) is 12.2. The Morgan fingerprint density at radius 1 is 1.11 bits per heavy atom. The normalized spacial score (nSPS) is 20.7. The molecule has 6 rings (SSSR count). The summed E-state index contributed by atoms with van der Waals surface area (Å²) >= 11 is 0. The Balaban J connectivity index is 1.37. The number of nitrogens with one attached hydrogen (secondary N) is 2. The molecule has 0 amide bonds. The van der Waals surface area contributed by atoms with Crippen LogP contribution in [0, 0.1) is 13.8 Å². The Labute approximate surface area is 205 Å². The molecule has 8 nitrogen and oxygen atoms in total. The number of aromatic amines is 1. The lowest BCUT2D eigenvalue weighted by Gasteiger charge is -2.43. The highest BCUT2D eigenvalue weighted by Crippen LogP contribution is 2.39. The Kier molecular flexibility index (Phi) is 5.47. The number of hydrogen-bond acceptors (Lipinski definition) is 7. The summed E-state index contributed by atoms with van der Waals surface area (Å²) in [6, 6.07) is 4.02. The van der Waals surface area contributed by atoms with E-state index in [1.54, 1.807) is 19.1 Å². The van der Waals surface area contributed by atoms with Crippen LogP contribution in [0.4, 0.5) is 19.1 Å². The molecule has 0 aromatic carbocycles. The number of aromatic nitrogens is 5. The van der Waals surface area contributed by atoms with Crippen molar-refractivity contribution in [2.75, 3.05) is 18.4 Å². The standard InChI is InChI=1S/C25H26F3N7O/c1-13-21(14(2)36-34-13)19-6-5-15-16(11-29-23(15)31-19)22-17(25(26,27)28)12-30-24(33-22)32-18-7-8-20(18)35-9-3-4-10-35/h5-6,11-12,18,20H,3-4,7-10H2,1-2H3,(H,29,31)(H,30,32,33). The summed E-state index contributed by atoms with van der Waals surface area (Å²) in [5.41, 5.74) is 1.82. The fourth-order valence-electron chi connectivity index (χ4n) is 5.38. The molecular weight excluding hydrogens is 471 g/mol. The highest BCUT2D eigenvalue weighted by molar-refractivity contribution is 5.94. The lowest BCUT2D eigenvalue weighted by atomic mass is 9.85. The van der Waals surface area contributed by atoms with Gasteiger partial charge in [0.2, 0.25) is 5.95 Å². The van der Waals surface area contributed by atoms with E-state index >= 15 is 0 Å². The number of likely N-dealkylation sites (tertiary alicyclic amines) is 1. The molecule has 0 bridgehead atoms. The number of halogens is 3. The van der Waals surface area contributed by atoms with Crippen molar-refractivity contribution in [1.82, 2.24) is 30.0 Å². The van der Waals surface area contributed by atoms with Gasteiger partial charge in [0.15, 0.2) is 0 Å². The minimum absolute atomic E-state index is 0.134. The van der Waals surface area contributed by atoms with Crippen molar-refractivity contribution in [1.29, 1.82) is 0 Å². The van der Waals surface area contributed by atoms with Crippen LogP contribution >= 0.6 is 0 Å². The van der Waals surface area contributed by atoms with Crippen LogP contribution in [0.3, 0.4) is 0 Å². The molecule has 1 saturated heterocycles. The number of anilines is 1. The average molecular weight is 498 g/mol. The molecule has 1 aliphatic heterocycles. The summed E-state index contributed by atoms with van der Waals surface area (Å²) in [6.45, 7) is 5.75. The van der Waals surface area contributed by atoms with Crippen molar-refractivity contribution in [3.05, 3.63) is 41.5 Å². The predicted molar refractivity (Wildman–Crippen MR) is 128 cm³/mol. The molecule has 1 aliphatic carbocycles. The number of H-pyrrole nitrogens is 1. The van der Waals surface area contributed by atoms with Crippen LogP contribution in [0.25, 0.3) is 33.5 Å². The number of rotatable bonds is 5. The van der Waals surface area contributed by atoms with Crippen LogP contribution in [-0.4, -0.2) is 55.2 Å². The van der Waals surface area contributed by atoms with Crippen molar-refractivity contribution in [2.24, 2.45) is 0 Å². The average Bonchev–Trinajstić information content (AvgIpc) is 3.56. The summed E-state index contributed by atoms with van der Waals surface area (Å²) in [4.78, 5) is 18.5. The molecule has 2 N–H and O–H groups in total. The Morgan fingerprint density at radius 2 is 1.92 bits per heavy atom. The topological polar surface area (TPSA) is 95.8 Å². The smallest absolute Gasteiger partial charge is 0.361 e. The van der Waals surface area contributed by atoms with Gasteiger partial charge in [-0.3, -0.25) is 4.90 Å². The van der Waals surface area contributed by atoms with Gasteiger partial charge in [-0.15, -0.1) is 0 Å². The lowest BCUT2D eigenvalue weighted by Crippen LogP contribution is -2.53. The first kappa shape index (κ1) is 23.0.